The number of rotatable bonds is 11. The fourth-order valence-electron chi connectivity index (χ4n) is 2.63. The van der Waals surface area contributed by atoms with Gasteiger partial charge in [-0.2, -0.15) is 0 Å². The van der Waals surface area contributed by atoms with Gasteiger partial charge in [0.2, 0.25) is 0 Å². The zero-order valence-corrected chi connectivity index (χ0v) is 20.8. The van der Waals surface area contributed by atoms with Crippen molar-refractivity contribution in [3.05, 3.63) is 59.7 Å². The second kappa shape index (κ2) is 15.7. The summed E-state index contributed by atoms with van der Waals surface area (Å²) in [6, 6.07) is 14.7. The Labute approximate surface area is 198 Å². The summed E-state index contributed by atoms with van der Waals surface area (Å²) in [6.07, 6.45) is 2.15. The number of unbranched alkanes of at least 4 members (excludes halogenated alkanes) is 1. The molecule has 0 heterocycles. The van der Waals surface area contributed by atoms with Crippen LogP contribution in [-0.2, 0) is 14.2 Å². The van der Waals surface area contributed by atoms with Crippen molar-refractivity contribution in [3.63, 3.8) is 0 Å². The van der Waals surface area contributed by atoms with Crippen LogP contribution in [0.2, 0.25) is 0 Å². The third kappa shape index (κ3) is 10.9. The molecule has 0 bridgehead atoms. The number of hydrogen-bond donors (Lipinski definition) is 0. The number of esters is 2. The van der Waals surface area contributed by atoms with Gasteiger partial charge in [-0.05, 0) is 61.9 Å². The van der Waals surface area contributed by atoms with Gasteiger partial charge < -0.3 is 24.0 Å². The van der Waals surface area contributed by atoms with Crippen LogP contribution in [0.3, 0.4) is 0 Å². The van der Waals surface area contributed by atoms with Gasteiger partial charge in [0.25, 0.3) is 0 Å². The van der Waals surface area contributed by atoms with Crippen molar-refractivity contribution in [2.45, 2.75) is 26.7 Å². The Balaban J connectivity index is 0.000000346. The van der Waals surface area contributed by atoms with E-state index in [0.29, 0.717) is 30.9 Å². The molecule has 0 atom stereocenters. The zero-order valence-electron chi connectivity index (χ0n) is 20.8. The highest BCUT2D eigenvalue weighted by Crippen LogP contribution is 2.13. The molecule has 7 nitrogen and oxygen atoms in total. The molecule has 182 valence electrons. The fraction of sp³-hybridized carbons (Fsp3) is 0.462. The van der Waals surface area contributed by atoms with Crippen molar-refractivity contribution in [3.8, 4) is 0 Å². The van der Waals surface area contributed by atoms with Crippen molar-refractivity contribution in [2.24, 2.45) is 0 Å². The first-order valence-corrected chi connectivity index (χ1v) is 11.3. The van der Waals surface area contributed by atoms with Gasteiger partial charge in [-0.3, -0.25) is 0 Å². The van der Waals surface area contributed by atoms with E-state index in [1.807, 2.05) is 62.3 Å². The quantitative estimate of drug-likeness (QED) is 0.358. The smallest absolute Gasteiger partial charge is 0.338 e. The molecule has 2 aromatic carbocycles. The SMILES string of the molecule is CCCCOCCOC(=O)c1ccc(N(C)C)cc1.CCOC(=O)c1ccc(N(C)C)cc1. The van der Waals surface area contributed by atoms with E-state index in [-0.39, 0.29) is 11.9 Å². The normalized spacial score (nSPS) is 10.0. The highest BCUT2D eigenvalue weighted by Gasteiger charge is 2.07. The number of anilines is 2. The average Bonchev–Trinajstić information content (AvgIpc) is 2.82. The van der Waals surface area contributed by atoms with Gasteiger partial charge in [0, 0.05) is 46.2 Å². The largest absolute Gasteiger partial charge is 0.462 e. The number of nitrogens with zero attached hydrogens (tertiary/aromatic N) is 2. The maximum Gasteiger partial charge on any atom is 0.338 e. The highest BCUT2D eigenvalue weighted by atomic mass is 16.6. The minimum atomic E-state index is -0.301. The molecule has 0 aliphatic rings. The van der Waals surface area contributed by atoms with Gasteiger partial charge >= 0.3 is 11.9 Å². The first-order valence-electron chi connectivity index (χ1n) is 11.3. The fourth-order valence-corrected chi connectivity index (χ4v) is 2.63. The van der Waals surface area contributed by atoms with Crippen LogP contribution in [0.25, 0.3) is 0 Å². The molecular formula is C26H38N2O5. The minimum absolute atomic E-state index is 0.266. The van der Waals surface area contributed by atoms with Crippen LogP contribution < -0.4 is 9.80 Å². The Bertz CT molecular complexity index is 818. The van der Waals surface area contributed by atoms with Crippen molar-refractivity contribution in [2.75, 3.05) is 64.4 Å². The zero-order chi connectivity index (χ0) is 24.6. The predicted octanol–water partition coefficient (Wildman–Crippen LogP) is 4.66. The first-order chi connectivity index (χ1) is 15.8. The van der Waals surface area contributed by atoms with E-state index in [1.54, 1.807) is 31.2 Å². The van der Waals surface area contributed by atoms with Crippen molar-refractivity contribution >= 4 is 23.3 Å². The number of ether oxygens (including phenoxy) is 3. The summed E-state index contributed by atoms with van der Waals surface area (Å²) in [7, 11) is 7.83. The molecule has 0 saturated carbocycles. The summed E-state index contributed by atoms with van der Waals surface area (Å²) in [6.45, 7) is 5.81. The van der Waals surface area contributed by atoms with Crippen LogP contribution in [0.4, 0.5) is 11.4 Å². The van der Waals surface area contributed by atoms with Gasteiger partial charge in [0.1, 0.15) is 6.61 Å². The van der Waals surface area contributed by atoms with E-state index in [0.717, 1.165) is 30.8 Å². The molecule has 0 saturated heterocycles. The van der Waals surface area contributed by atoms with Gasteiger partial charge in [0.05, 0.1) is 24.3 Å². The monoisotopic (exact) mass is 458 g/mol. The molecule has 0 spiro atoms. The maximum absolute atomic E-state index is 11.7. The second-order valence-corrected chi connectivity index (χ2v) is 7.70. The maximum atomic E-state index is 11.7. The molecule has 0 aliphatic heterocycles. The van der Waals surface area contributed by atoms with Crippen molar-refractivity contribution in [1.82, 2.24) is 0 Å². The van der Waals surface area contributed by atoms with Gasteiger partial charge in [-0.25, -0.2) is 9.59 Å². The summed E-state index contributed by atoms with van der Waals surface area (Å²) >= 11 is 0. The topological polar surface area (TPSA) is 68.3 Å². The molecule has 2 aromatic rings. The molecule has 0 fully saturated rings. The lowest BCUT2D eigenvalue weighted by Crippen LogP contribution is -2.12. The molecule has 0 aliphatic carbocycles. The Morgan fingerprint density at radius 2 is 1.12 bits per heavy atom. The molecule has 0 amide bonds. The Kier molecular flexibility index (Phi) is 13.3. The lowest BCUT2D eigenvalue weighted by Gasteiger charge is -2.12. The summed E-state index contributed by atoms with van der Waals surface area (Å²) in [5, 5.41) is 0. The lowest BCUT2D eigenvalue weighted by atomic mass is 10.2. The van der Waals surface area contributed by atoms with Crippen LogP contribution in [0.5, 0.6) is 0 Å². The van der Waals surface area contributed by atoms with Gasteiger partial charge in [-0.1, -0.05) is 13.3 Å². The Hall–Kier alpha value is -3.06. The van der Waals surface area contributed by atoms with Crippen molar-refractivity contribution < 1.29 is 23.8 Å². The number of carbonyl (C=O) groups is 2. The number of hydrogen-bond acceptors (Lipinski definition) is 7. The van der Waals surface area contributed by atoms with Crippen LogP contribution in [0.15, 0.2) is 48.5 Å². The number of benzene rings is 2. The molecule has 0 aromatic heterocycles. The highest BCUT2D eigenvalue weighted by molar-refractivity contribution is 5.90. The van der Waals surface area contributed by atoms with Crippen LogP contribution in [0, 0.1) is 0 Å². The molecule has 0 unspecified atom stereocenters. The Morgan fingerprint density at radius 3 is 1.52 bits per heavy atom. The standard InChI is InChI=1S/C15H23NO3.C11H15NO2/c1-4-5-10-18-11-12-19-15(17)13-6-8-14(9-7-13)16(2)3;1-4-14-11(13)9-5-7-10(8-6-9)12(2)3/h6-9H,4-5,10-12H2,1-3H3;5-8H,4H2,1-3H3. The molecule has 7 heteroatoms. The van der Waals surface area contributed by atoms with Crippen molar-refractivity contribution in [1.29, 1.82) is 0 Å². The average molecular weight is 459 g/mol. The van der Waals surface area contributed by atoms with E-state index >= 15 is 0 Å². The molecule has 0 radical (unpaired) electrons. The molecule has 2 rings (SSSR count). The molecule has 0 N–H and O–H groups in total. The van der Waals surface area contributed by atoms with E-state index in [1.165, 1.54) is 0 Å². The molecular weight excluding hydrogens is 420 g/mol. The summed E-state index contributed by atoms with van der Waals surface area (Å²) in [5.41, 5.74) is 3.29. The number of carbonyl (C=O) groups excluding carboxylic acids is 2. The summed E-state index contributed by atoms with van der Waals surface area (Å²) in [4.78, 5) is 27.0. The first kappa shape index (κ1) is 28.0. The second-order valence-electron chi connectivity index (χ2n) is 7.70. The van der Waals surface area contributed by atoms with E-state index in [2.05, 4.69) is 6.92 Å². The lowest BCUT2D eigenvalue weighted by molar-refractivity contribution is 0.0313. The summed E-state index contributed by atoms with van der Waals surface area (Å²) < 4.78 is 15.3. The summed E-state index contributed by atoms with van der Waals surface area (Å²) in [5.74, 6) is -0.567. The molecule has 33 heavy (non-hydrogen) atoms. The van der Waals surface area contributed by atoms with Gasteiger partial charge in [-0.15, -0.1) is 0 Å². The van der Waals surface area contributed by atoms with E-state index < -0.39 is 0 Å². The van der Waals surface area contributed by atoms with E-state index in [4.69, 9.17) is 14.2 Å². The van der Waals surface area contributed by atoms with Crippen LogP contribution in [-0.4, -0.2) is 66.6 Å². The van der Waals surface area contributed by atoms with Crippen LogP contribution in [0.1, 0.15) is 47.4 Å². The Morgan fingerprint density at radius 1 is 0.667 bits per heavy atom. The van der Waals surface area contributed by atoms with Crippen LogP contribution >= 0.6 is 0 Å². The minimum Gasteiger partial charge on any atom is -0.462 e. The van der Waals surface area contributed by atoms with Gasteiger partial charge in [0.15, 0.2) is 0 Å². The third-order valence-electron chi connectivity index (χ3n) is 4.62. The van der Waals surface area contributed by atoms with E-state index in [9.17, 15) is 9.59 Å². The predicted molar refractivity (Wildman–Crippen MR) is 134 cm³/mol. The third-order valence-corrected chi connectivity index (χ3v) is 4.62.